The number of hydrogen-bond donors (Lipinski definition) is 2. The number of carbonyl (C=O) groups excluding carboxylic acids is 1. The van der Waals surface area contributed by atoms with Gasteiger partial charge in [0.25, 0.3) is 5.91 Å². The number of nitrogens with one attached hydrogen (secondary N) is 1. The van der Waals surface area contributed by atoms with Crippen molar-refractivity contribution < 1.29 is 4.79 Å². The second-order valence-corrected chi connectivity index (χ2v) is 4.74. The van der Waals surface area contributed by atoms with E-state index < -0.39 is 0 Å². The molecule has 1 aromatic rings. The number of amides is 1. The van der Waals surface area contributed by atoms with Gasteiger partial charge in [-0.3, -0.25) is 4.79 Å². The Kier molecular flexibility index (Phi) is 3.78. The Bertz CT molecular complexity index is 388. The lowest BCUT2D eigenvalue weighted by Crippen LogP contribution is -2.47. The average Bonchev–Trinajstić information content (AvgIpc) is 2.63. The van der Waals surface area contributed by atoms with Gasteiger partial charge >= 0.3 is 0 Å². The lowest BCUT2D eigenvalue weighted by Gasteiger charge is -2.22. The molecular weight excluding hydrogens is 216 g/mol. The summed E-state index contributed by atoms with van der Waals surface area (Å²) in [4.78, 5) is 16.0. The maximum Gasteiger partial charge on any atom is 0.287 e. The number of hydrogen-bond acceptors (Lipinski definition) is 3. The van der Waals surface area contributed by atoms with Crippen LogP contribution in [0.15, 0.2) is 12.4 Å². The van der Waals surface area contributed by atoms with Crippen LogP contribution in [0.25, 0.3) is 0 Å². The zero-order chi connectivity index (χ0) is 12.3. The van der Waals surface area contributed by atoms with Gasteiger partial charge in [0.05, 0.1) is 0 Å². The van der Waals surface area contributed by atoms with Gasteiger partial charge in [-0.25, -0.2) is 4.98 Å². The van der Waals surface area contributed by atoms with E-state index >= 15 is 0 Å². The van der Waals surface area contributed by atoms with Crippen LogP contribution >= 0.6 is 0 Å². The third kappa shape index (κ3) is 2.85. The molecular formula is C12H20N4O. The Labute approximate surface area is 101 Å². The first-order valence-electron chi connectivity index (χ1n) is 6.22. The number of imidazole rings is 1. The minimum atomic E-state index is -0.125. The molecule has 1 aliphatic rings. The summed E-state index contributed by atoms with van der Waals surface area (Å²) in [6, 6.07) is 0.156. The van der Waals surface area contributed by atoms with Crippen LogP contribution in [0.2, 0.25) is 0 Å². The summed E-state index contributed by atoms with van der Waals surface area (Å²) < 4.78 is 1.72. The first-order valence-corrected chi connectivity index (χ1v) is 6.22. The van der Waals surface area contributed by atoms with E-state index in [4.69, 9.17) is 5.73 Å². The van der Waals surface area contributed by atoms with Crippen molar-refractivity contribution in [2.45, 2.75) is 44.2 Å². The molecule has 5 heteroatoms. The molecule has 0 bridgehead atoms. The standard InChI is InChI=1S/C12H20N4O/c1-16-8-7-14-11(16)12(17)15-10-6-4-2-3-5-9(10)13/h7-10H,2-6,13H2,1H3,(H,15,17). The number of aromatic nitrogens is 2. The Morgan fingerprint density at radius 3 is 2.94 bits per heavy atom. The fourth-order valence-electron chi connectivity index (χ4n) is 2.33. The Morgan fingerprint density at radius 2 is 2.24 bits per heavy atom. The Morgan fingerprint density at radius 1 is 1.47 bits per heavy atom. The largest absolute Gasteiger partial charge is 0.345 e. The molecule has 0 saturated heterocycles. The van der Waals surface area contributed by atoms with Gasteiger partial charge in [0.15, 0.2) is 5.82 Å². The maximum atomic E-state index is 12.0. The van der Waals surface area contributed by atoms with Crippen LogP contribution < -0.4 is 11.1 Å². The monoisotopic (exact) mass is 236 g/mol. The third-order valence-corrected chi connectivity index (χ3v) is 3.41. The molecule has 2 unspecified atom stereocenters. The molecule has 0 spiro atoms. The molecule has 1 heterocycles. The zero-order valence-electron chi connectivity index (χ0n) is 10.2. The molecule has 17 heavy (non-hydrogen) atoms. The molecule has 1 aromatic heterocycles. The van der Waals surface area contributed by atoms with Crippen LogP contribution in [0.5, 0.6) is 0 Å². The SMILES string of the molecule is Cn1ccnc1C(=O)NC1CCCCCC1N. The van der Waals surface area contributed by atoms with Gasteiger partial charge in [-0.15, -0.1) is 0 Å². The van der Waals surface area contributed by atoms with Crippen LogP contribution in [0, 0.1) is 0 Å². The first kappa shape index (κ1) is 12.1. The van der Waals surface area contributed by atoms with Crippen molar-refractivity contribution in [3.8, 4) is 0 Å². The predicted octanol–water partition coefficient (Wildman–Crippen LogP) is 0.810. The van der Waals surface area contributed by atoms with E-state index in [-0.39, 0.29) is 18.0 Å². The summed E-state index contributed by atoms with van der Waals surface area (Å²) in [5, 5.41) is 3.00. The van der Waals surface area contributed by atoms with Crippen molar-refractivity contribution in [1.29, 1.82) is 0 Å². The van der Waals surface area contributed by atoms with E-state index in [1.54, 1.807) is 17.0 Å². The summed E-state index contributed by atoms with van der Waals surface area (Å²) in [5.74, 6) is 0.321. The van der Waals surface area contributed by atoms with E-state index in [0.29, 0.717) is 5.82 Å². The van der Waals surface area contributed by atoms with E-state index in [1.807, 2.05) is 7.05 Å². The average molecular weight is 236 g/mol. The smallest absolute Gasteiger partial charge is 0.287 e. The van der Waals surface area contributed by atoms with Crippen molar-refractivity contribution in [3.05, 3.63) is 18.2 Å². The lowest BCUT2D eigenvalue weighted by molar-refractivity contribution is 0.0915. The van der Waals surface area contributed by atoms with E-state index in [1.165, 1.54) is 6.42 Å². The quantitative estimate of drug-likeness (QED) is 0.746. The summed E-state index contributed by atoms with van der Waals surface area (Å²) >= 11 is 0. The molecule has 0 aromatic carbocycles. The fourth-order valence-corrected chi connectivity index (χ4v) is 2.33. The molecule has 2 rings (SSSR count). The molecule has 94 valence electrons. The van der Waals surface area contributed by atoms with E-state index in [0.717, 1.165) is 25.7 Å². The minimum Gasteiger partial charge on any atom is -0.345 e. The molecule has 5 nitrogen and oxygen atoms in total. The number of carbonyl (C=O) groups is 1. The molecule has 1 saturated carbocycles. The molecule has 0 aliphatic heterocycles. The van der Waals surface area contributed by atoms with Crippen molar-refractivity contribution in [2.75, 3.05) is 0 Å². The second kappa shape index (κ2) is 5.31. The highest BCUT2D eigenvalue weighted by molar-refractivity contribution is 5.91. The second-order valence-electron chi connectivity index (χ2n) is 4.74. The highest BCUT2D eigenvalue weighted by Crippen LogP contribution is 2.17. The highest BCUT2D eigenvalue weighted by atomic mass is 16.2. The molecule has 3 N–H and O–H groups in total. The number of nitrogens with two attached hydrogens (primary N) is 1. The number of rotatable bonds is 2. The third-order valence-electron chi connectivity index (χ3n) is 3.41. The normalized spacial score (nSPS) is 25.3. The van der Waals surface area contributed by atoms with Gasteiger partial charge in [-0.2, -0.15) is 0 Å². The number of aryl methyl sites for hydroxylation is 1. The van der Waals surface area contributed by atoms with E-state index in [9.17, 15) is 4.79 Å². The lowest BCUT2D eigenvalue weighted by atomic mass is 10.0. The Hall–Kier alpha value is -1.36. The van der Waals surface area contributed by atoms with Crippen molar-refractivity contribution in [1.82, 2.24) is 14.9 Å². The van der Waals surface area contributed by atoms with Crippen LogP contribution in [0.3, 0.4) is 0 Å². The van der Waals surface area contributed by atoms with Crippen LogP contribution in [0.4, 0.5) is 0 Å². The predicted molar refractivity (Wildman–Crippen MR) is 65.5 cm³/mol. The van der Waals surface area contributed by atoms with Crippen molar-refractivity contribution >= 4 is 5.91 Å². The summed E-state index contributed by atoms with van der Waals surface area (Å²) in [6.07, 6.45) is 8.87. The topological polar surface area (TPSA) is 72.9 Å². The fraction of sp³-hybridized carbons (Fsp3) is 0.667. The first-order chi connectivity index (χ1) is 8.18. The summed E-state index contributed by atoms with van der Waals surface area (Å²) in [7, 11) is 1.81. The molecule has 1 aliphatic carbocycles. The Balaban J connectivity index is 2.00. The van der Waals surface area contributed by atoms with Gasteiger partial charge in [0.1, 0.15) is 0 Å². The molecule has 0 radical (unpaired) electrons. The van der Waals surface area contributed by atoms with Gasteiger partial charge in [-0.1, -0.05) is 19.3 Å². The molecule has 1 fully saturated rings. The number of nitrogens with zero attached hydrogens (tertiary/aromatic N) is 2. The molecule has 1 amide bonds. The van der Waals surface area contributed by atoms with E-state index in [2.05, 4.69) is 10.3 Å². The van der Waals surface area contributed by atoms with Gasteiger partial charge in [-0.05, 0) is 12.8 Å². The summed E-state index contributed by atoms with van der Waals surface area (Å²) in [6.45, 7) is 0. The zero-order valence-corrected chi connectivity index (χ0v) is 10.2. The van der Waals surface area contributed by atoms with Gasteiger partial charge < -0.3 is 15.6 Å². The maximum absolute atomic E-state index is 12.0. The highest BCUT2D eigenvalue weighted by Gasteiger charge is 2.23. The van der Waals surface area contributed by atoms with Crippen LogP contribution in [-0.2, 0) is 7.05 Å². The van der Waals surface area contributed by atoms with Crippen molar-refractivity contribution in [3.63, 3.8) is 0 Å². The van der Waals surface area contributed by atoms with Crippen LogP contribution in [0.1, 0.15) is 42.7 Å². The van der Waals surface area contributed by atoms with Crippen LogP contribution in [-0.4, -0.2) is 27.5 Å². The minimum absolute atomic E-state index is 0.0710. The van der Waals surface area contributed by atoms with Gasteiger partial charge in [0, 0.05) is 31.5 Å². The molecule has 2 atom stereocenters. The van der Waals surface area contributed by atoms with Gasteiger partial charge in [0.2, 0.25) is 0 Å². The van der Waals surface area contributed by atoms with Crippen molar-refractivity contribution in [2.24, 2.45) is 12.8 Å². The summed E-state index contributed by atoms with van der Waals surface area (Å²) in [5.41, 5.74) is 6.08.